The van der Waals surface area contributed by atoms with Crippen molar-refractivity contribution in [2.45, 2.75) is 39.7 Å². The molecule has 1 heterocycles. The van der Waals surface area contributed by atoms with Crippen LogP contribution in [0.15, 0.2) is 0 Å². The molecule has 1 aliphatic heterocycles. The van der Waals surface area contributed by atoms with E-state index in [1.165, 1.54) is 0 Å². The van der Waals surface area contributed by atoms with E-state index >= 15 is 0 Å². The summed E-state index contributed by atoms with van der Waals surface area (Å²) in [5.41, 5.74) is -0.323. The van der Waals surface area contributed by atoms with E-state index in [0.717, 1.165) is 19.5 Å². The molecular formula is C10H20N2O. The number of amides is 1. The van der Waals surface area contributed by atoms with Crippen LogP contribution >= 0.6 is 0 Å². The topological polar surface area (TPSA) is 41.1 Å². The first-order valence-electron chi connectivity index (χ1n) is 4.87. The van der Waals surface area contributed by atoms with Crippen LogP contribution in [0.25, 0.3) is 0 Å². The van der Waals surface area contributed by atoms with E-state index in [4.69, 9.17) is 0 Å². The molecule has 0 spiro atoms. The number of carbonyl (C=O) groups is 1. The van der Waals surface area contributed by atoms with Crippen LogP contribution in [0.4, 0.5) is 0 Å². The Morgan fingerprint density at radius 3 is 2.46 bits per heavy atom. The molecule has 1 fully saturated rings. The molecule has 1 aliphatic rings. The molecule has 0 aromatic carbocycles. The summed E-state index contributed by atoms with van der Waals surface area (Å²) < 4.78 is 0. The van der Waals surface area contributed by atoms with Gasteiger partial charge in [0.25, 0.3) is 0 Å². The second kappa shape index (κ2) is 3.29. The van der Waals surface area contributed by atoms with E-state index in [-0.39, 0.29) is 16.9 Å². The summed E-state index contributed by atoms with van der Waals surface area (Å²) in [6, 6.07) is 0. The van der Waals surface area contributed by atoms with Crippen LogP contribution in [0.5, 0.6) is 0 Å². The van der Waals surface area contributed by atoms with Gasteiger partial charge in [-0.1, -0.05) is 20.8 Å². The third kappa shape index (κ3) is 2.69. The van der Waals surface area contributed by atoms with Gasteiger partial charge in [0.05, 0.1) is 5.54 Å². The Morgan fingerprint density at radius 2 is 2.08 bits per heavy atom. The Bertz CT molecular complexity index is 199. The summed E-state index contributed by atoms with van der Waals surface area (Å²) in [7, 11) is 0. The maximum absolute atomic E-state index is 11.7. The monoisotopic (exact) mass is 184 g/mol. The van der Waals surface area contributed by atoms with Crippen molar-refractivity contribution in [2.24, 2.45) is 5.41 Å². The molecule has 2 N–H and O–H groups in total. The molecule has 1 rings (SSSR count). The van der Waals surface area contributed by atoms with Crippen molar-refractivity contribution in [3.8, 4) is 0 Å². The van der Waals surface area contributed by atoms with Gasteiger partial charge < -0.3 is 10.6 Å². The first-order valence-corrected chi connectivity index (χ1v) is 4.87. The molecule has 0 aliphatic carbocycles. The fourth-order valence-electron chi connectivity index (χ4n) is 1.39. The molecule has 76 valence electrons. The van der Waals surface area contributed by atoms with Gasteiger partial charge in [-0.3, -0.25) is 4.79 Å². The van der Waals surface area contributed by atoms with Crippen molar-refractivity contribution >= 4 is 5.91 Å². The summed E-state index contributed by atoms with van der Waals surface area (Å²) in [6.07, 6.45) is 1.02. The number of rotatable bonds is 1. The Kier molecular flexibility index (Phi) is 2.66. The van der Waals surface area contributed by atoms with E-state index in [1.54, 1.807) is 0 Å². The van der Waals surface area contributed by atoms with Gasteiger partial charge in [0.15, 0.2) is 0 Å². The highest BCUT2D eigenvalue weighted by molar-refractivity contribution is 5.82. The third-order valence-corrected chi connectivity index (χ3v) is 2.47. The van der Waals surface area contributed by atoms with Crippen LogP contribution in [0, 0.1) is 5.41 Å². The van der Waals surface area contributed by atoms with E-state index in [0.29, 0.717) is 0 Å². The second-order valence-electron chi connectivity index (χ2n) is 5.19. The molecule has 0 bridgehead atoms. The van der Waals surface area contributed by atoms with E-state index in [2.05, 4.69) is 17.6 Å². The van der Waals surface area contributed by atoms with Crippen LogP contribution in [-0.2, 0) is 4.79 Å². The molecule has 3 heteroatoms. The van der Waals surface area contributed by atoms with Gasteiger partial charge in [0.2, 0.25) is 5.91 Å². The molecule has 0 radical (unpaired) electrons. The van der Waals surface area contributed by atoms with E-state index in [9.17, 15) is 4.79 Å². The minimum atomic E-state index is -0.286. The smallest absolute Gasteiger partial charge is 0.225 e. The van der Waals surface area contributed by atoms with Crippen molar-refractivity contribution in [1.29, 1.82) is 0 Å². The lowest BCUT2D eigenvalue weighted by atomic mass is 9.92. The van der Waals surface area contributed by atoms with Gasteiger partial charge in [-0.15, -0.1) is 0 Å². The van der Waals surface area contributed by atoms with Gasteiger partial charge in [-0.25, -0.2) is 0 Å². The van der Waals surface area contributed by atoms with Crippen molar-refractivity contribution in [3.05, 3.63) is 0 Å². The van der Waals surface area contributed by atoms with Crippen molar-refractivity contribution < 1.29 is 4.79 Å². The summed E-state index contributed by atoms with van der Waals surface area (Å²) in [5, 5.41) is 6.35. The highest BCUT2D eigenvalue weighted by Gasteiger charge is 2.33. The Labute approximate surface area is 80.3 Å². The van der Waals surface area contributed by atoms with Crippen molar-refractivity contribution in [3.63, 3.8) is 0 Å². The van der Waals surface area contributed by atoms with Gasteiger partial charge in [-0.2, -0.15) is 0 Å². The quantitative estimate of drug-likeness (QED) is 0.635. The van der Waals surface area contributed by atoms with Crippen LogP contribution < -0.4 is 10.6 Å². The average Bonchev–Trinajstić information content (AvgIpc) is 2.33. The lowest BCUT2D eigenvalue weighted by Gasteiger charge is -2.29. The van der Waals surface area contributed by atoms with Gasteiger partial charge in [-0.05, 0) is 19.9 Å². The minimum absolute atomic E-state index is 0.0373. The Morgan fingerprint density at radius 1 is 1.46 bits per heavy atom. The number of hydrogen-bond acceptors (Lipinski definition) is 2. The predicted molar refractivity (Wildman–Crippen MR) is 53.5 cm³/mol. The van der Waals surface area contributed by atoms with E-state index < -0.39 is 0 Å². The molecule has 1 amide bonds. The number of nitrogens with one attached hydrogen (secondary N) is 2. The van der Waals surface area contributed by atoms with Crippen molar-refractivity contribution in [2.75, 3.05) is 13.1 Å². The van der Waals surface area contributed by atoms with Crippen molar-refractivity contribution in [1.82, 2.24) is 10.6 Å². The fourth-order valence-corrected chi connectivity index (χ4v) is 1.39. The summed E-state index contributed by atoms with van der Waals surface area (Å²) in [6.45, 7) is 9.79. The van der Waals surface area contributed by atoms with Crippen LogP contribution in [0.3, 0.4) is 0 Å². The molecule has 0 aromatic heterocycles. The first kappa shape index (κ1) is 10.5. The molecule has 13 heavy (non-hydrogen) atoms. The lowest BCUT2D eigenvalue weighted by Crippen LogP contribution is -2.51. The summed E-state index contributed by atoms with van der Waals surface area (Å²) >= 11 is 0. The predicted octanol–water partition coefficient (Wildman–Crippen LogP) is 0.901. The van der Waals surface area contributed by atoms with Crippen LogP contribution in [0.2, 0.25) is 0 Å². The standard InChI is InChI=1S/C10H20N2O/c1-9(2,3)8(13)12-10(4)5-6-11-7-10/h11H,5-7H2,1-4H3,(H,12,13). The zero-order valence-corrected chi connectivity index (χ0v) is 9.03. The minimum Gasteiger partial charge on any atom is -0.349 e. The molecule has 3 nitrogen and oxygen atoms in total. The van der Waals surface area contributed by atoms with Crippen LogP contribution in [-0.4, -0.2) is 24.5 Å². The number of hydrogen-bond donors (Lipinski definition) is 2. The average molecular weight is 184 g/mol. The van der Waals surface area contributed by atoms with E-state index in [1.807, 2.05) is 20.8 Å². The molecule has 1 unspecified atom stereocenters. The third-order valence-electron chi connectivity index (χ3n) is 2.47. The zero-order chi connectivity index (χ0) is 10.1. The summed E-state index contributed by atoms with van der Waals surface area (Å²) in [4.78, 5) is 11.7. The molecule has 0 aromatic rings. The normalized spacial score (nSPS) is 28.9. The van der Waals surface area contributed by atoms with Gasteiger partial charge >= 0.3 is 0 Å². The zero-order valence-electron chi connectivity index (χ0n) is 9.03. The largest absolute Gasteiger partial charge is 0.349 e. The second-order valence-corrected chi connectivity index (χ2v) is 5.19. The summed E-state index contributed by atoms with van der Waals surface area (Å²) in [5.74, 6) is 0.138. The first-order chi connectivity index (χ1) is 5.83. The van der Waals surface area contributed by atoms with Gasteiger partial charge in [0, 0.05) is 12.0 Å². The lowest BCUT2D eigenvalue weighted by molar-refractivity contribution is -0.130. The maximum atomic E-state index is 11.7. The Balaban J connectivity index is 2.53. The number of carbonyl (C=O) groups excluding carboxylic acids is 1. The molecule has 0 saturated carbocycles. The molecule has 1 saturated heterocycles. The highest BCUT2D eigenvalue weighted by atomic mass is 16.2. The molecular weight excluding hydrogens is 164 g/mol. The fraction of sp³-hybridized carbons (Fsp3) is 0.900. The Hall–Kier alpha value is -0.570. The maximum Gasteiger partial charge on any atom is 0.225 e. The van der Waals surface area contributed by atoms with Crippen LogP contribution in [0.1, 0.15) is 34.1 Å². The van der Waals surface area contributed by atoms with Gasteiger partial charge in [0.1, 0.15) is 0 Å². The highest BCUT2D eigenvalue weighted by Crippen LogP contribution is 2.18. The SMILES string of the molecule is CC1(NC(=O)C(C)(C)C)CCNC1. The molecule has 1 atom stereocenters.